The highest BCUT2D eigenvalue weighted by Crippen LogP contribution is 2.38. The molecule has 2 aromatic rings. The van der Waals surface area contributed by atoms with Gasteiger partial charge < -0.3 is 15.8 Å². The molecule has 0 bridgehead atoms. The monoisotopic (exact) mass is 422 g/mol. The van der Waals surface area contributed by atoms with Crippen LogP contribution in [0.4, 0.5) is 0 Å². The number of halogens is 2. The van der Waals surface area contributed by atoms with E-state index in [1.165, 1.54) is 0 Å². The Hall–Kier alpha value is -1.59. The highest BCUT2D eigenvalue weighted by atomic mass is 35.5. The van der Waals surface area contributed by atoms with Crippen LogP contribution < -0.4 is 11.1 Å². The second kappa shape index (κ2) is 10.3. The normalized spacial score (nSPS) is 17.8. The molecule has 1 saturated heterocycles. The number of hydrogen-bond acceptors (Lipinski definition) is 3. The summed E-state index contributed by atoms with van der Waals surface area (Å²) >= 11 is 6.48. The largest absolute Gasteiger partial charge is 0.381 e. The summed E-state index contributed by atoms with van der Waals surface area (Å²) in [5.41, 5.74) is 8.15. The number of carbonyl (C=O) groups excluding carboxylic acids is 1. The smallest absolute Gasteiger partial charge is 0.224 e. The molecule has 0 aromatic heterocycles. The van der Waals surface area contributed by atoms with Gasteiger partial charge in [0.2, 0.25) is 5.91 Å². The first-order valence-corrected chi connectivity index (χ1v) is 9.82. The lowest BCUT2D eigenvalue weighted by molar-refractivity contribution is -0.125. The first-order chi connectivity index (χ1) is 13.0. The molecule has 1 heterocycles. The third-order valence-corrected chi connectivity index (χ3v) is 5.96. The Morgan fingerprint density at radius 3 is 2.39 bits per heavy atom. The third-order valence-electron chi connectivity index (χ3n) is 5.63. The fraction of sp³-hybridized carbons (Fsp3) is 0.409. The van der Waals surface area contributed by atoms with Crippen LogP contribution in [0.15, 0.2) is 54.6 Å². The predicted molar refractivity (Wildman–Crippen MR) is 116 cm³/mol. The Balaban J connectivity index is 0.00000280. The van der Waals surface area contributed by atoms with Gasteiger partial charge in [-0.2, -0.15) is 0 Å². The molecule has 28 heavy (non-hydrogen) atoms. The SMILES string of the molecule is CC(C(=O)NCC1(c2ccccc2Cl)CCOCC1)C(N)c1ccccc1.Cl. The van der Waals surface area contributed by atoms with Crippen molar-refractivity contribution in [2.75, 3.05) is 19.8 Å². The van der Waals surface area contributed by atoms with Crippen molar-refractivity contribution >= 4 is 29.9 Å². The quantitative estimate of drug-likeness (QED) is 0.730. The van der Waals surface area contributed by atoms with E-state index >= 15 is 0 Å². The molecular weight excluding hydrogens is 395 g/mol. The fourth-order valence-corrected chi connectivity index (χ4v) is 4.08. The third kappa shape index (κ3) is 5.06. The number of nitrogens with one attached hydrogen (secondary N) is 1. The lowest BCUT2D eigenvalue weighted by atomic mass is 9.74. The van der Waals surface area contributed by atoms with Gasteiger partial charge in [-0.05, 0) is 30.0 Å². The van der Waals surface area contributed by atoms with Gasteiger partial charge in [-0.25, -0.2) is 0 Å². The summed E-state index contributed by atoms with van der Waals surface area (Å²) in [5, 5.41) is 3.87. The van der Waals surface area contributed by atoms with E-state index in [1.54, 1.807) is 0 Å². The molecule has 3 rings (SSSR count). The van der Waals surface area contributed by atoms with E-state index in [-0.39, 0.29) is 35.7 Å². The minimum absolute atomic E-state index is 0. The van der Waals surface area contributed by atoms with E-state index < -0.39 is 0 Å². The number of nitrogens with two attached hydrogens (primary N) is 1. The summed E-state index contributed by atoms with van der Waals surface area (Å²) in [6.07, 6.45) is 1.66. The van der Waals surface area contributed by atoms with E-state index in [0.29, 0.717) is 19.8 Å². The molecule has 6 heteroatoms. The van der Waals surface area contributed by atoms with Crippen molar-refractivity contribution in [1.29, 1.82) is 0 Å². The van der Waals surface area contributed by atoms with Crippen LogP contribution in [0.1, 0.15) is 36.9 Å². The summed E-state index contributed by atoms with van der Waals surface area (Å²) in [7, 11) is 0. The maximum atomic E-state index is 12.8. The number of amides is 1. The first-order valence-electron chi connectivity index (χ1n) is 9.44. The van der Waals surface area contributed by atoms with Crippen LogP contribution in [0.2, 0.25) is 5.02 Å². The molecule has 1 amide bonds. The van der Waals surface area contributed by atoms with Crippen molar-refractivity contribution < 1.29 is 9.53 Å². The maximum Gasteiger partial charge on any atom is 0.224 e. The second-order valence-electron chi connectivity index (χ2n) is 7.32. The van der Waals surface area contributed by atoms with E-state index in [2.05, 4.69) is 11.4 Å². The van der Waals surface area contributed by atoms with Crippen molar-refractivity contribution in [2.24, 2.45) is 11.7 Å². The van der Waals surface area contributed by atoms with E-state index in [0.717, 1.165) is 29.0 Å². The van der Waals surface area contributed by atoms with Crippen molar-refractivity contribution in [3.8, 4) is 0 Å². The summed E-state index contributed by atoms with van der Waals surface area (Å²) < 4.78 is 5.56. The predicted octanol–water partition coefficient (Wildman–Crippen LogP) is 4.26. The van der Waals surface area contributed by atoms with Crippen LogP contribution in [0, 0.1) is 5.92 Å². The van der Waals surface area contributed by atoms with Crippen LogP contribution in [-0.4, -0.2) is 25.7 Å². The first kappa shape index (κ1) is 22.7. The minimum Gasteiger partial charge on any atom is -0.381 e. The van der Waals surface area contributed by atoms with Crippen LogP contribution in [-0.2, 0) is 14.9 Å². The average Bonchev–Trinajstić information content (AvgIpc) is 2.72. The molecule has 152 valence electrons. The molecule has 2 unspecified atom stereocenters. The average molecular weight is 423 g/mol. The van der Waals surface area contributed by atoms with Gasteiger partial charge in [-0.3, -0.25) is 4.79 Å². The van der Waals surface area contributed by atoms with Crippen LogP contribution >= 0.6 is 24.0 Å². The molecule has 0 saturated carbocycles. The zero-order valence-corrected chi connectivity index (χ0v) is 17.6. The minimum atomic E-state index is -0.336. The Morgan fingerprint density at radius 1 is 1.14 bits per heavy atom. The fourth-order valence-electron chi connectivity index (χ4n) is 3.74. The Bertz CT molecular complexity index is 764. The van der Waals surface area contributed by atoms with Crippen LogP contribution in [0.25, 0.3) is 0 Å². The molecule has 2 atom stereocenters. The van der Waals surface area contributed by atoms with E-state index in [9.17, 15) is 4.79 Å². The van der Waals surface area contributed by atoms with Gasteiger partial charge in [-0.1, -0.05) is 67.1 Å². The van der Waals surface area contributed by atoms with Gasteiger partial charge >= 0.3 is 0 Å². The van der Waals surface area contributed by atoms with Gasteiger partial charge in [0.05, 0.1) is 5.92 Å². The van der Waals surface area contributed by atoms with Crippen molar-refractivity contribution in [3.63, 3.8) is 0 Å². The molecule has 2 aromatic carbocycles. The highest BCUT2D eigenvalue weighted by Gasteiger charge is 2.37. The Morgan fingerprint density at radius 2 is 1.75 bits per heavy atom. The zero-order valence-electron chi connectivity index (χ0n) is 16.1. The number of benzene rings is 2. The summed E-state index contributed by atoms with van der Waals surface area (Å²) in [4.78, 5) is 12.8. The van der Waals surface area contributed by atoms with Crippen LogP contribution in [0.5, 0.6) is 0 Å². The molecule has 1 fully saturated rings. The van der Waals surface area contributed by atoms with Crippen molar-refractivity contribution in [1.82, 2.24) is 5.32 Å². The lowest BCUT2D eigenvalue weighted by Gasteiger charge is -2.38. The van der Waals surface area contributed by atoms with Gasteiger partial charge in [-0.15, -0.1) is 12.4 Å². The summed E-state index contributed by atoms with van der Waals surface area (Å²) in [6, 6.07) is 17.3. The lowest BCUT2D eigenvalue weighted by Crippen LogP contribution is -2.47. The van der Waals surface area contributed by atoms with Crippen LogP contribution in [0.3, 0.4) is 0 Å². The summed E-state index contributed by atoms with van der Waals surface area (Å²) in [6.45, 7) is 3.74. The Labute approximate surface area is 178 Å². The Kier molecular flexibility index (Phi) is 8.32. The van der Waals surface area contributed by atoms with Crippen molar-refractivity contribution in [3.05, 3.63) is 70.7 Å². The number of rotatable bonds is 6. The van der Waals surface area contributed by atoms with Gasteiger partial charge in [0.1, 0.15) is 0 Å². The van der Waals surface area contributed by atoms with Gasteiger partial charge in [0.25, 0.3) is 0 Å². The molecule has 1 aliphatic heterocycles. The van der Waals surface area contributed by atoms with Gasteiger partial charge in [0, 0.05) is 36.2 Å². The molecule has 0 aliphatic carbocycles. The number of hydrogen-bond donors (Lipinski definition) is 2. The molecule has 4 nitrogen and oxygen atoms in total. The molecule has 0 spiro atoms. The molecule has 3 N–H and O–H groups in total. The number of ether oxygens (including phenoxy) is 1. The zero-order chi connectivity index (χ0) is 19.3. The number of carbonyl (C=O) groups is 1. The van der Waals surface area contributed by atoms with Crippen molar-refractivity contribution in [2.45, 2.75) is 31.2 Å². The van der Waals surface area contributed by atoms with E-state index in [4.69, 9.17) is 22.1 Å². The topological polar surface area (TPSA) is 64.3 Å². The van der Waals surface area contributed by atoms with Gasteiger partial charge in [0.15, 0.2) is 0 Å². The molecular formula is C22H28Cl2N2O2. The molecule has 1 aliphatic rings. The summed E-state index contributed by atoms with van der Waals surface area (Å²) in [5.74, 6) is -0.361. The maximum absolute atomic E-state index is 12.8. The second-order valence-corrected chi connectivity index (χ2v) is 7.72. The highest BCUT2D eigenvalue weighted by molar-refractivity contribution is 6.31. The molecule has 0 radical (unpaired) electrons. The van der Waals surface area contributed by atoms with E-state index in [1.807, 2.05) is 55.5 Å². The standard InChI is InChI=1S/C22H27ClN2O2.ClH/c1-16(20(24)17-7-3-2-4-8-17)21(26)25-15-22(11-13-27-14-12-22)18-9-5-6-10-19(18)23;/h2-10,16,20H,11-15,24H2,1H3,(H,25,26);1H.